The lowest BCUT2D eigenvalue weighted by molar-refractivity contribution is 0.438. The predicted molar refractivity (Wildman–Crippen MR) is 64.9 cm³/mol. The maximum atomic E-state index is 14.1. The van der Waals surface area contributed by atoms with E-state index in [0.717, 1.165) is 0 Å². The fourth-order valence-corrected chi connectivity index (χ4v) is 4.45. The first-order valence-corrected chi connectivity index (χ1v) is 11.1. The van der Waals surface area contributed by atoms with Crippen molar-refractivity contribution in [3.63, 3.8) is 0 Å². The van der Waals surface area contributed by atoms with Crippen molar-refractivity contribution < 1.29 is 27.2 Å². The molecule has 0 aromatic heterocycles. The second-order valence-electron chi connectivity index (χ2n) is 5.12. The SMILES string of the molecule is C[Si](C)(O)c1c(F)c(F)c(F)c([Si](C)(C)O)c1F. The zero-order valence-electron chi connectivity index (χ0n) is 10.4. The Kier molecular flexibility index (Phi) is 3.79. The summed E-state index contributed by atoms with van der Waals surface area (Å²) in [7, 11) is -7.06. The van der Waals surface area contributed by atoms with Crippen molar-refractivity contribution in [1.82, 2.24) is 0 Å². The molecule has 0 fully saturated rings. The van der Waals surface area contributed by atoms with E-state index in [0.29, 0.717) is 0 Å². The zero-order valence-corrected chi connectivity index (χ0v) is 12.4. The lowest BCUT2D eigenvalue weighted by atomic mass is 10.3. The van der Waals surface area contributed by atoms with Gasteiger partial charge in [0.15, 0.2) is 17.5 Å². The van der Waals surface area contributed by atoms with E-state index >= 15 is 0 Å². The van der Waals surface area contributed by atoms with Crippen LogP contribution in [0.5, 0.6) is 0 Å². The van der Waals surface area contributed by atoms with Crippen LogP contribution in [0.25, 0.3) is 0 Å². The number of benzene rings is 1. The van der Waals surface area contributed by atoms with Crippen molar-refractivity contribution in [3.05, 3.63) is 23.3 Å². The minimum atomic E-state index is -3.53. The highest BCUT2D eigenvalue weighted by molar-refractivity contribution is 6.86. The van der Waals surface area contributed by atoms with Crippen LogP contribution < -0.4 is 10.4 Å². The van der Waals surface area contributed by atoms with Gasteiger partial charge in [0.05, 0.1) is 0 Å². The molecule has 0 aliphatic carbocycles. The van der Waals surface area contributed by atoms with E-state index in [1.54, 1.807) is 0 Å². The van der Waals surface area contributed by atoms with E-state index in [9.17, 15) is 27.2 Å². The second kappa shape index (κ2) is 4.44. The zero-order chi connectivity index (χ0) is 14.5. The Morgan fingerprint density at radius 2 is 0.889 bits per heavy atom. The van der Waals surface area contributed by atoms with Gasteiger partial charge in [0.1, 0.15) is 5.82 Å². The third-order valence-corrected chi connectivity index (χ3v) is 5.81. The summed E-state index contributed by atoms with van der Waals surface area (Å²) in [6.07, 6.45) is 0. The summed E-state index contributed by atoms with van der Waals surface area (Å²) in [5, 5.41) is -1.68. The standard InChI is InChI=1S/C10H14F4O2Si2/c1-17(2,15)9-6(12)5(11)7(13)10(8(9)14)18(3,4)16/h15-16H,1-4H3. The van der Waals surface area contributed by atoms with E-state index in [1.807, 2.05) is 0 Å². The minimum Gasteiger partial charge on any atom is -0.428 e. The third-order valence-electron chi connectivity index (χ3n) is 2.49. The Morgan fingerprint density at radius 1 is 0.611 bits per heavy atom. The van der Waals surface area contributed by atoms with Gasteiger partial charge < -0.3 is 9.59 Å². The molecule has 0 atom stereocenters. The first-order chi connectivity index (χ1) is 7.89. The number of hydrogen-bond acceptors (Lipinski definition) is 2. The maximum Gasteiger partial charge on any atom is 0.220 e. The van der Waals surface area contributed by atoms with Crippen LogP contribution in [0, 0.1) is 23.3 Å². The van der Waals surface area contributed by atoms with Crippen LogP contribution in [0.2, 0.25) is 26.2 Å². The Morgan fingerprint density at radius 3 is 1.11 bits per heavy atom. The average molecular weight is 298 g/mol. The van der Waals surface area contributed by atoms with Gasteiger partial charge in [-0.1, -0.05) is 0 Å². The number of rotatable bonds is 2. The van der Waals surface area contributed by atoms with Gasteiger partial charge in [-0.05, 0) is 26.2 Å². The van der Waals surface area contributed by atoms with E-state index in [4.69, 9.17) is 0 Å². The summed E-state index contributed by atoms with van der Waals surface area (Å²) >= 11 is 0. The molecule has 8 heteroatoms. The van der Waals surface area contributed by atoms with Gasteiger partial charge in [0.2, 0.25) is 16.6 Å². The van der Waals surface area contributed by atoms with E-state index in [-0.39, 0.29) is 0 Å². The molecule has 1 aromatic carbocycles. The highest BCUT2D eigenvalue weighted by Crippen LogP contribution is 2.16. The highest BCUT2D eigenvalue weighted by atomic mass is 28.4. The van der Waals surface area contributed by atoms with E-state index in [1.165, 1.54) is 26.2 Å². The maximum absolute atomic E-state index is 14.1. The first-order valence-electron chi connectivity index (χ1n) is 5.20. The number of hydrogen-bond donors (Lipinski definition) is 2. The molecule has 1 aromatic rings. The van der Waals surface area contributed by atoms with E-state index < -0.39 is 50.3 Å². The molecule has 0 bridgehead atoms. The average Bonchev–Trinajstić information content (AvgIpc) is 2.09. The van der Waals surface area contributed by atoms with Gasteiger partial charge in [-0.3, -0.25) is 0 Å². The normalized spacial score (nSPS) is 13.0. The van der Waals surface area contributed by atoms with Crippen molar-refractivity contribution in [2.24, 2.45) is 0 Å². The van der Waals surface area contributed by atoms with Gasteiger partial charge in [-0.15, -0.1) is 0 Å². The molecule has 0 saturated heterocycles. The van der Waals surface area contributed by atoms with Gasteiger partial charge in [0, 0.05) is 10.4 Å². The van der Waals surface area contributed by atoms with Crippen molar-refractivity contribution >= 4 is 27.0 Å². The molecule has 2 N–H and O–H groups in total. The fourth-order valence-electron chi connectivity index (χ4n) is 1.71. The summed E-state index contributed by atoms with van der Waals surface area (Å²) < 4.78 is 54.5. The molecule has 102 valence electrons. The molecule has 0 radical (unpaired) electrons. The van der Waals surface area contributed by atoms with Gasteiger partial charge in [-0.2, -0.15) is 0 Å². The van der Waals surface area contributed by atoms with Crippen LogP contribution in [0.4, 0.5) is 17.6 Å². The van der Waals surface area contributed by atoms with Crippen LogP contribution in [0.3, 0.4) is 0 Å². The van der Waals surface area contributed by atoms with Crippen molar-refractivity contribution in [2.45, 2.75) is 26.2 Å². The van der Waals surface area contributed by atoms with Crippen molar-refractivity contribution in [3.8, 4) is 0 Å². The first kappa shape index (κ1) is 15.4. The molecule has 2 nitrogen and oxygen atoms in total. The van der Waals surface area contributed by atoms with Gasteiger partial charge in [0.25, 0.3) is 0 Å². The Balaban J connectivity index is 3.83. The van der Waals surface area contributed by atoms with E-state index in [2.05, 4.69) is 0 Å². The highest BCUT2D eigenvalue weighted by Gasteiger charge is 2.39. The van der Waals surface area contributed by atoms with Gasteiger partial charge in [-0.25, -0.2) is 17.6 Å². The molecule has 1 rings (SSSR count). The summed E-state index contributed by atoms with van der Waals surface area (Å²) in [4.78, 5) is 19.5. The Hall–Kier alpha value is -0.706. The molecular weight excluding hydrogens is 284 g/mol. The Labute approximate surface area is 104 Å². The van der Waals surface area contributed by atoms with Crippen molar-refractivity contribution in [2.75, 3.05) is 0 Å². The molecule has 0 aliphatic heterocycles. The van der Waals surface area contributed by atoms with Crippen LogP contribution in [0.1, 0.15) is 0 Å². The summed E-state index contributed by atoms with van der Waals surface area (Å²) in [6, 6.07) is 0. The van der Waals surface area contributed by atoms with Crippen LogP contribution >= 0.6 is 0 Å². The minimum absolute atomic E-state index is 0.842. The van der Waals surface area contributed by atoms with Crippen LogP contribution in [-0.4, -0.2) is 26.2 Å². The summed E-state index contributed by atoms with van der Waals surface area (Å²) in [6.45, 7) is 4.73. The smallest absolute Gasteiger partial charge is 0.220 e. The fraction of sp³-hybridized carbons (Fsp3) is 0.400. The topological polar surface area (TPSA) is 40.5 Å². The molecule has 0 heterocycles. The molecule has 0 spiro atoms. The largest absolute Gasteiger partial charge is 0.428 e. The molecule has 0 saturated carbocycles. The van der Waals surface area contributed by atoms with Crippen molar-refractivity contribution in [1.29, 1.82) is 0 Å². The molecule has 0 amide bonds. The molecule has 0 aliphatic rings. The monoisotopic (exact) mass is 298 g/mol. The molecule has 0 unspecified atom stereocenters. The Bertz CT molecular complexity index is 451. The second-order valence-corrected chi connectivity index (χ2v) is 12.4. The summed E-state index contributed by atoms with van der Waals surface area (Å²) in [5.41, 5.74) is 0. The third kappa shape index (κ3) is 2.51. The molecular formula is C10H14F4O2Si2. The number of halogens is 4. The predicted octanol–water partition coefficient (Wildman–Crippen LogP) is 1.05. The summed E-state index contributed by atoms with van der Waals surface area (Å²) in [5.74, 6) is -6.66. The van der Waals surface area contributed by atoms with Crippen LogP contribution in [-0.2, 0) is 0 Å². The quantitative estimate of drug-likeness (QED) is 0.371. The van der Waals surface area contributed by atoms with Gasteiger partial charge >= 0.3 is 0 Å². The lowest BCUT2D eigenvalue weighted by Gasteiger charge is -2.23. The van der Waals surface area contributed by atoms with Crippen LogP contribution in [0.15, 0.2) is 0 Å². The molecule has 18 heavy (non-hydrogen) atoms. The lowest BCUT2D eigenvalue weighted by Crippen LogP contribution is -2.55.